The third-order valence-corrected chi connectivity index (χ3v) is 6.90. The molecule has 8 heteroatoms. The van der Waals surface area contributed by atoms with Crippen LogP contribution in [0.2, 0.25) is 0 Å². The van der Waals surface area contributed by atoms with Gasteiger partial charge in [0.05, 0.1) is 17.6 Å². The van der Waals surface area contributed by atoms with E-state index in [1.165, 1.54) is 4.90 Å². The van der Waals surface area contributed by atoms with Gasteiger partial charge in [-0.1, -0.05) is 36.7 Å². The van der Waals surface area contributed by atoms with Gasteiger partial charge in [0.15, 0.2) is 5.82 Å². The molecule has 2 amide bonds. The van der Waals surface area contributed by atoms with Gasteiger partial charge in [-0.05, 0) is 54.7 Å². The van der Waals surface area contributed by atoms with Crippen molar-refractivity contribution in [3.63, 3.8) is 0 Å². The zero-order chi connectivity index (χ0) is 23.9. The zero-order valence-corrected chi connectivity index (χ0v) is 20.9. The highest BCUT2D eigenvalue weighted by molar-refractivity contribution is 9.10. The summed E-state index contributed by atoms with van der Waals surface area (Å²) in [5, 5.41) is 11.0. The molecule has 1 saturated heterocycles. The summed E-state index contributed by atoms with van der Waals surface area (Å²) in [7, 11) is 1.93. The number of rotatable bonds is 3. The number of piperidine rings is 1. The van der Waals surface area contributed by atoms with Crippen LogP contribution in [-0.4, -0.2) is 50.2 Å². The number of anilines is 1. The number of halogens is 1. The molecule has 2 aromatic heterocycles. The van der Waals surface area contributed by atoms with E-state index in [0.29, 0.717) is 30.8 Å². The predicted molar refractivity (Wildman–Crippen MR) is 133 cm³/mol. The van der Waals surface area contributed by atoms with Gasteiger partial charge in [0.2, 0.25) is 0 Å². The highest BCUT2D eigenvalue weighted by atomic mass is 79.9. The number of hydrogen-bond donors (Lipinski definition) is 1. The van der Waals surface area contributed by atoms with Gasteiger partial charge in [-0.2, -0.15) is 0 Å². The van der Waals surface area contributed by atoms with Crippen LogP contribution in [0.25, 0.3) is 10.9 Å². The Hall–Kier alpha value is -2.87. The molecule has 1 fully saturated rings. The number of likely N-dealkylation sites (tertiary alicyclic amines) is 1. The van der Waals surface area contributed by atoms with Gasteiger partial charge in [0.25, 0.3) is 5.91 Å². The van der Waals surface area contributed by atoms with Gasteiger partial charge in [-0.3, -0.25) is 9.69 Å². The van der Waals surface area contributed by atoms with E-state index in [4.69, 9.17) is 0 Å². The molecule has 4 rings (SSSR count). The van der Waals surface area contributed by atoms with Crippen LogP contribution >= 0.6 is 15.9 Å². The number of carboxylic acid groups (broad SMARTS) is 1. The van der Waals surface area contributed by atoms with Crippen LogP contribution in [0.4, 0.5) is 10.6 Å². The first-order valence-electron chi connectivity index (χ1n) is 11.1. The molecule has 0 radical (unpaired) electrons. The number of benzene rings is 1. The van der Waals surface area contributed by atoms with Gasteiger partial charge >= 0.3 is 6.09 Å². The van der Waals surface area contributed by atoms with Gasteiger partial charge in [-0.15, -0.1) is 0 Å². The number of amides is 2. The van der Waals surface area contributed by atoms with E-state index in [2.05, 4.69) is 20.9 Å². The Morgan fingerprint density at radius 1 is 1.15 bits per heavy atom. The minimum atomic E-state index is -0.958. The first-order chi connectivity index (χ1) is 15.6. The number of aromatic nitrogens is 2. The molecule has 1 aromatic carbocycles. The van der Waals surface area contributed by atoms with E-state index in [1.54, 1.807) is 23.2 Å². The molecule has 2 atom stereocenters. The molecule has 1 unspecified atom stereocenters. The second kappa shape index (κ2) is 8.82. The molecule has 0 aliphatic carbocycles. The Morgan fingerprint density at radius 2 is 1.85 bits per heavy atom. The lowest BCUT2D eigenvalue weighted by molar-refractivity contribution is 0.0432. The number of nitrogens with zero attached hydrogens (tertiary/aromatic N) is 4. The highest BCUT2D eigenvalue weighted by Crippen LogP contribution is 2.39. The van der Waals surface area contributed by atoms with Crippen LogP contribution in [0.5, 0.6) is 0 Å². The molecule has 1 aliphatic rings. The van der Waals surface area contributed by atoms with Crippen molar-refractivity contribution in [1.82, 2.24) is 14.5 Å². The predicted octanol–water partition coefficient (Wildman–Crippen LogP) is 5.54. The molecule has 0 bridgehead atoms. The third kappa shape index (κ3) is 4.36. The average molecular weight is 513 g/mol. The first kappa shape index (κ1) is 23.3. The van der Waals surface area contributed by atoms with Crippen LogP contribution in [0.3, 0.4) is 0 Å². The van der Waals surface area contributed by atoms with Crippen molar-refractivity contribution < 1.29 is 14.7 Å². The van der Waals surface area contributed by atoms with Gasteiger partial charge in [0, 0.05) is 41.4 Å². The molecule has 0 saturated carbocycles. The summed E-state index contributed by atoms with van der Waals surface area (Å²) in [5.74, 6) is 0.370. The Bertz CT molecular complexity index is 1180. The molecule has 1 N–H and O–H groups in total. The molecular weight excluding hydrogens is 484 g/mol. The van der Waals surface area contributed by atoms with E-state index in [1.807, 2.05) is 62.8 Å². The van der Waals surface area contributed by atoms with E-state index in [9.17, 15) is 14.7 Å². The number of hydrogen-bond acceptors (Lipinski definition) is 3. The summed E-state index contributed by atoms with van der Waals surface area (Å²) >= 11 is 3.44. The summed E-state index contributed by atoms with van der Waals surface area (Å²) in [5.41, 5.74) is 0.999. The van der Waals surface area contributed by atoms with Crippen LogP contribution in [0.1, 0.15) is 44.0 Å². The summed E-state index contributed by atoms with van der Waals surface area (Å²) < 4.78 is 2.85. The minimum Gasteiger partial charge on any atom is -0.465 e. The summed E-state index contributed by atoms with van der Waals surface area (Å²) in [6.45, 7) is 6.55. The number of carbonyl (C=O) groups excluding carboxylic acids is 1. The fourth-order valence-corrected chi connectivity index (χ4v) is 5.30. The second-order valence-electron chi connectivity index (χ2n) is 9.68. The van der Waals surface area contributed by atoms with Crippen molar-refractivity contribution in [2.45, 2.75) is 45.7 Å². The second-order valence-corrected chi connectivity index (χ2v) is 10.6. The van der Waals surface area contributed by atoms with E-state index in [-0.39, 0.29) is 23.4 Å². The molecular formula is C25H29BrN4O3. The van der Waals surface area contributed by atoms with E-state index in [0.717, 1.165) is 15.4 Å². The quantitative estimate of drug-likeness (QED) is 0.499. The van der Waals surface area contributed by atoms with Crippen LogP contribution in [-0.2, 0) is 7.05 Å². The van der Waals surface area contributed by atoms with Gasteiger partial charge in [-0.25, -0.2) is 9.78 Å². The monoisotopic (exact) mass is 512 g/mol. The number of fused-ring (bicyclic) bond motifs is 1. The third-order valence-electron chi connectivity index (χ3n) is 6.37. The zero-order valence-electron chi connectivity index (χ0n) is 19.3. The van der Waals surface area contributed by atoms with Crippen molar-refractivity contribution in [1.29, 1.82) is 0 Å². The van der Waals surface area contributed by atoms with Crippen molar-refractivity contribution in [2.75, 3.05) is 11.4 Å². The normalized spacial score (nSPS) is 19.0. The maximum atomic E-state index is 14.1. The molecule has 1 aliphatic heterocycles. The van der Waals surface area contributed by atoms with E-state index >= 15 is 0 Å². The van der Waals surface area contributed by atoms with Gasteiger partial charge < -0.3 is 14.6 Å². The minimum absolute atomic E-state index is 0.185. The molecule has 0 spiro atoms. The summed E-state index contributed by atoms with van der Waals surface area (Å²) in [6, 6.07) is 10.4. The van der Waals surface area contributed by atoms with Crippen molar-refractivity contribution in [3.05, 3.63) is 58.8 Å². The lowest BCUT2D eigenvalue weighted by Gasteiger charge is -2.50. The molecule has 3 heterocycles. The topological polar surface area (TPSA) is 78.7 Å². The van der Waals surface area contributed by atoms with Crippen molar-refractivity contribution in [2.24, 2.45) is 12.5 Å². The maximum absolute atomic E-state index is 14.1. The van der Waals surface area contributed by atoms with Crippen molar-refractivity contribution in [3.8, 4) is 0 Å². The van der Waals surface area contributed by atoms with E-state index < -0.39 is 6.09 Å². The largest absolute Gasteiger partial charge is 0.465 e. The Kier molecular flexibility index (Phi) is 6.22. The summed E-state index contributed by atoms with van der Waals surface area (Å²) in [4.78, 5) is 34.2. The maximum Gasteiger partial charge on any atom is 0.407 e. The van der Waals surface area contributed by atoms with Crippen molar-refractivity contribution >= 4 is 44.7 Å². The molecule has 3 aromatic rings. The lowest BCUT2D eigenvalue weighted by Crippen LogP contribution is -2.63. The number of carbonyl (C=O) groups is 2. The first-order valence-corrected chi connectivity index (χ1v) is 11.9. The van der Waals surface area contributed by atoms with Crippen LogP contribution < -0.4 is 4.90 Å². The Balaban J connectivity index is 1.93. The average Bonchev–Trinajstić information content (AvgIpc) is 3.15. The Labute approximate surface area is 202 Å². The Morgan fingerprint density at radius 3 is 2.48 bits per heavy atom. The SMILES string of the molecule is Cn1ccc2ccnc(N(C(=O)c3ccc(Br)cc3)[C@@H]3CCCN(C(=O)O)C3C(C)(C)C)c21. The fraction of sp³-hybridized carbons (Fsp3) is 0.400. The standard InChI is InChI=1S/C25H29BrN4O3/c1-25(2,3)21-19(6-5-14-29(21)24(32)33)30(23(31)17-7-9-18(26)10-8-17)22-20-16(11-13-27-22)12-15-28(20)4/h7-13,15,19,21H,5-6,14H2,1-4H3,(H,32,33)/t19-,21?/m1/s1. The molecule has 174 valence electrons. The number of aryl methyl sites for hydroxylation is 1. The highest BCUT2D eigenvalue weighted by Gasteiger charge is 2.46. The molecule has 33 heavy (non-hydrogen) atoms. The smallest absolute Gasteiger partial charge is 0.407 e. The van der Waals surface area contributed by atoms with Gasteiger partial charge in [0.1, 0.15) is 0 Å². The fourth-order valence-electron chi connectivity index (χ4n) is 5.04. The van der Waals surface area contributed by atoms with Crippen LogP contribution in [0, 0.1) is 5.41 Å². The number of pyridine rings is 1. The summed E-state index contributed by atoms with van der Waals surface area (Å²) in [6.07, 6.45) is 4.07. The van der Waals surface area contributed by atoms with Crippen LogP contribution in [0.15, 0.2) is 53.3 Å². The lowest BCUT2D eigenvalue weighted by atomic mass is 9.77. The molecule has 7 nitrogen and oxygen atoms in total.